The van der Waals surface area contributed by atoms with Crippen LogP contribution in [-0.2, 0) is 4.84 Å². The summed E-state index contributed by atoms with van der Waals surface area (Å²) in [7, 11) is 0. The molecule has 0 aliphatic rings. The van der Waals surface area contributed by atoms with E-state index in [1.807, 2.05) is 0 Å². The highest BCUT2D eigenvalue weighted by atomic mass is 19.3. The fourth-order valence-corrected chi connectivity index (χ4v) is 0.900. The summed E-state index contributed by atoms with van der Waals surface area (Å²) in [5, 5.41) is 3.55. The molecule has 0 heterocycles. The lowest BCUT2D eigenvalue weighted by atomic mass is 10.1. The fourth-order valence-electron chi connectivity index (χ4n) is 0.900. The zero-order chi connectivity index (χ0) is 11.1. The molecule has 15 heavy (non-hydrogen) atoms. The molecule has 2 nitrogen and oxygen atoms in total. The lowest BCUT2D eigenvalue weighted by Crippen LogP contribution is -1.87. The number of nitrogens with zero attached hydrogens (tertiary/aromatic N) is 1. The van der Waals surface area contributed by atoms with Crippen molar-refractivity contribution in [1.82, 2.24) is 0 Å². The molecule has 1 aromatic carbocycles. The molecular weight excluding hydrogens is 200 g/mol. The monoisotopic (exact) mass is 209 g/mol. The van der Waals surface area contributed by atoms with Gasteiger partial charge in [-0.25, -0.2) is 8.78 Å². The molecule has 0 aromatic heterocycles. The van der Waals surface area contributed by atoms with Crippen molar-refractivity contribution in [1.29, 1.82) is 0 Å². The predicted molar refractivity (Wildman–Crippen MR) is 53.8 cm³/mol. The van der Waals surface area contributed by atoms with E-state index in [4.69, 9.17) is 6.42 Å². The summed E-state index contributed by atoms with van der Waals surface area (Å²) < 4.78 is 24.3. The Morgan fingerprint density at radius 2 is 2.07 bits per heavy atom. The topological polar surface area (TPSA) is 21.6 Å². The lowest BCUT2D eigenvalue weighted by Gasteiger charge is -1.98. The first-order valence-electron chi connectivity index (χ1n) is 4.21. The molecule has 1 rings (SSSR count). The third-order valence-electron chi connectivity index (χ3n) is 1.61. The molecular formula is C11H9F2NO. The van der Waals surface area contributed by atoms with Crippen LogP contribution in [0.5, 0.6) is 0 Å². The molecule has 0 saturated heterocycles. The molecule has 0 aliphatic heterocycles. The minimum Gasteiger partial charge on any atom is -0.383 e. The van der Waals surface area contributed by atoms with E-state index < -0.39 is 6.43 Å². The Labute approximate surface area is 86.5 Å². The summed E-state index contributed by atoms with van der Waals surface area (Å²) >= 11 is 0. The normalized spacial score (nSPS) is 10.5. The number of halogens is 2. The first kappa shape index (κ1) is 11.2. The molecule has 0 N–H and O–H groups in total. The lowest BCUT2D eigenvalue weighted by molar-refractivity contribution is 0.151. The number of terminal acetylenes is 1. The average Bonchev–Trinajstić information content (AvgIpc) is 2.25. The van der Waals surface area contributed by atoms with Gasteiger partial charge < -0.3 is 4.84 Å². The van der Waals surface area contributed by atoms with Crippen LogP contribution in [0.4, 0.5) is 8.78 Å². The van der Waals surface area contributed by atoms with Crippen molar-refractivity contribution in [2.45, 2.75) is 6.43 Å². The molecule has 0 radical (unpaired) electrons. The molecule has 0 spiro atoms. The van der Waals surface area contributed by atoms with E-state index in [0.29, 0.717) is 5.56 Å². The van der Waals surface area contributed by atoms with Crippen LogP contribution in [0, 0.1) is 12.3 Å². The summed E-state index contributed by atoms with van der Waals surface area (Å²) in [5.41, 5.74) is 0.660. The minimum absolute atomic E-state index is 0.0170. The summed E-state index contributed by atoms with van der Waals surface area (Å²) in [6.45, 7) is 0.0889. The third-order valence-corrected chi connectivity index (χ3v) is 1.61. The van der Waals surface area contributed by atoms with Gasteiger partial charge >= 0.3 is 0 Å². The van der Waals surface area contributed by atoms with Crippen LogP contribution in [0.3, 0.4) is 0 Å². The van der Waals surface area contributed by atoms with Crippen molar-refractivity contribution in [3.63, 3.8) is 0 Å². The van der Waals surface area contributed by atoms with Gasteiger partial charge in [0.25, 0.3) is 6.43 Å². The Morgan fingerprint density at radius 1 is 1.40 bits per heavy atom. The number of hydrogen-bond donors (Lipinski definition) is 0. The van der Waals surface area contributed by atoms with E-state index in [-0.39, 0.29) is 12.2 Å². The van der Waals surface area contributed by atoms with Gasteiger partial charge in [0.2, 0.25) is 0 Å². The maximum absolute atomic E-state index is 12.2. The largest absolute Gasteiger partial charge is 0.383 e. The first-order valence-corrected chi connectivity index (χ1v) is 4.21. The molecule has 0 atom stereocenters. The van der Waals surface area contributed by atoms with Gasteiger partial charge in [0.15, 0.2) is 6.61 Å². The highest BCUT2D eigenvalue weighted by molar-refractivity contribution is 5.79. The van der Waals surface area contributed by atoms with Crippen LogP contribution >= 0.6 is 0 Å². The van der Waals surface area contributed by atoms with Crippen molar-refractivity contribution >= 4 is 6.21 Å². The zero-order valence-electron chi connectivity index (χ0n) is 7.86. The molecule has 0 bridgehead atoms. The van der Waals surface area contributed by atoms with Crippen molar-refractivity contribution in [3.8, 4) is 12.3 Å². The van der Waals surface area contributed by atoms with Gasteiger partial charge in [-0.2, -0.15) is 0 Å². The van der Waals surface area contributed by atoms with Crippen LogP contribution < -0.4 is 0 Å². The maximum Gasteiger partial charge on any atom is 0.263 e. The molecule has 4 heteroatoms. The highest BCUT2D eigenvalue weighted by Crippen LogP contribution is 2.18. The summed E-state index contributed by atoms with van der Waals surface area (Å²) in [6.07, 6.45) is 3.89. The number of oxime groups is 1. The van der Waals surface area contributed by atoms with Gasteiger partial charge in [0.05, 0.1) is 6.21 Å². The fraction of sp³-hybridized carbons (Fsp3) is 0.182. The Morgan fingerprint density at radius 3 is 2.60 bits per heavy atom. The smallest absolute Gasteiger partial charge is 0.263 e. The van der Waals surface area contributed by atoms with Crippen LogP contribution in [0.25, 0.3) is 0 Å². The Balaban J connectivity index is 2.57. The van der Waals surface area contributed by atoms with Crippen LogP contribution in [0.2, 0.25) is 0 Å². The summed E-state index contributed by atoms with van der Waals surface area (Å²) in [5.74, 6) is 2.24. The van der Waals surface area contributed by atoms with Gasteiger partial charge in [-0.1, -0.05) is 35.3 Å². The maximum atomic E-state index is 12.2. The second kappa shape index (κ2) is 5.76. The Hall–Kier alpha value is -1.89. The van der Waals surface area contributed by atoms with Gasteiger partial charge in [0, 0.05) is 5.56 Å². The van der Waals surface area contributed by atoms with Crippen molar-refractivity contribution in [3.05, 3.63) is 35.4 Å². The van der Waals surface area contributed by atoms with Gasteiger partial charge in [0.1, 0.15) is 0 Å². The van der Waals surface area contributed by atoms with Crippen molar-refractivity contribution < 1.29 is 13.6 Å². The Bertz CT molecular complexity index is 365. The van der Waals surface area contributed by atoms with E-state index in [2.05, 4.69) is 15.9 Å². The van der Waals surface area contributed by atoms with Gasteiger partial charge in [-0.15, -0.1) is 6.42 Å². The second-order valence-electron chi connectivity index (χ2n) is 2.68. The molecule has 1 aromatic rings. The molecule has 0 unspecified atom stereocenters. The van der Waals surface area contributed by atoms with Gasteiger partial charge in [-0.05, 0) is 5.56 Å². The van der Waals surface area contributed by atoms with E-state index >= 15 is 0 Å². The van der Waals surface area contributed by atoms with Gasteiger partial charge in [-0.3, -0.25) is 0 Å². The number of rotatable bonds is 4. The minimum atomic E-state index is -2.45. The molecule has 0 fully saturated rings. The van der Waals surface area contributed by atoms with E-state index in [1.54, 1.807) is 0 Å². The first-order chi connectivity index (χ1) is 7.24. The zero-order valence-corrected chi connectivity index (χ0v) is 7.86. The van der Waals surface area contributed by atoms with Crippen molar-refractivity contribution in [2.24, 2.45) is 5.16 Å². The second-order valence-corrected chi connectivity index (χ2v) is 2.68. The van der Waals surface area contributed by atoms with E-state index in [1.165, 1.54) is 30.5 Å². The molecule has 0 saturated carbocycles. The van der Waals surface area contributed by atoms with Crippen LogP contribution in [0.15, 0.2) is 29.4 Å². The standard InChI is InChI=1S/C11H9F2NO/c1-2-7-15-14-8-9-3-5-10(6-4-9)11(12)13/h1,3-6,8,11H,7H2. The van der Waals surface area contributed by atoms with Crippen LogP contribution in [0.1, 0.15) is 17.6 Å². The summed E-state index contributed by atoms with van der Waals surface area (Å²) in [6, 6.07) is 5.74. The summed E-state index contributed by atoms with van der Waals surface area (Å²) in [4.78, 5) is 4.65. The number of hydrogen-bond acceptors (Lipinski definition) is 2. The molecule has 0 amide bonds. The SMILES string of the molecule is C#CCON=Cc1ccc(C(F)F)cc1. The third kappa shape index (κ3) is 3.77. The molecule has 78 valence electrons. The van der Waals surface area contributed by atoms with E-state index in [0.717, 1.165) is 0 Å². The van der Waals surface area contributed by atoms with Crippen LogP contribution in [-0.4, -0.2) is 12.8 Å². The quantitative estimate of drug-likeness (QED) is 0.323. The molecule has 0 aliphatic carbocycles. The average molecular weight is 209 g/mol. The number of benzene rings is 1. The number of alkyl halides is 2. The Kier molecular flexibility index (Phi) is 4.30. The predicted octanol–water partition coefficient (Wildman–Crippen LogP) is 2.61. The highest BCUT2D eigenvalue weighted by Gasteiger charge is 2.04. The van der Waals surface area contributed by atoms with E-state index in [9.17, 15) is 8.78 Å². The van der Waals surface area contributed by atoms with Crippen molar-refractivity contribution in [2.75, 3.05) is 6.61 Å².